The maximum Gasteiger partial charge on any atom is 0.293 e. The second kappa shape index (κ2) is 7.44. The fourth-order valence-electron chi connectivity index (χ4n) is 1.90. The first kappa shape index (κ1) is 15.1. The van der Waals surface area contributed by atoms with Gasteiger partial charge in [-0.2, -0.15) is 0 Å². The topological polar surface area (TPSA) is 82.2 Å². The van der Waals surface area contributed by atoms with Crippen molar-refractivity contribution < 1.29 is 4.74 Å². The molecule has 0 spiro atoms. The molecular formula is C15H20N4O2. The summed E-state index contributed by atoms with van der Waals surface area (Å²) in [5.41, 5.74) is 6.04. The van der Waals surface area contributed by atoms with Gasteiger partial charge < -0.3 is 20.4 Å². The number of hydrogen-bond donors (Lipinski definition) is 2. The zero-order chi connectivity index (χ0) is 15.1. The third-order valence-electron chi connectivity index (χ3n) is 2.88. The lowest BCUT2D eigenvalue weighted by molar-refractivity contribution is 0.328. The van der Waals surface area contributed by atoms with Crippen molar-refractivity contribution >= 4 is 11.5 Å². The molecule has 2 aromatic rings. The minimum atomic E-state index is -0.122. The van der Waals surface area contributed by atoms with Crippen LogP contribution in [0.2, 0.25) is 0 Å². The molecule has 6 nitrogen and oxygen atoms in total. The number of hydrogen-bond acceptors (Lipinski definition) is 5. The molecular weight excluding hydrogens is 268 g/mol. The predicted molar refractivity (Wildman–Crippen MR) is 83.1 cm³/mol. The molecule has 0 saturated carbocycles. The minimum Gasteiger partial charge on any atom is -0.492 e. The van der Waals surface area contributed by atoms with Gasteiger partial charge in [0.25, 0.3) is 5.56 Å². The summed E-state index contributed by atoms with van der Waals surface area (Å²) in [6, 6.07) is 7.32. The van der Waals surface area contributed by atoms with Gasteiger partial charge in [0.1, 0.15) is 12.4 Å². The van der Waals surface area contributed by atoms with Gasteiger partial charge in [-0.15, -0.1) is 0 Å². The average molecular weight is 288 g/mol. The van der Waals surface area contributed by atoms with Crippen LogP contribution >= 0.6 is 0 Å². The maximum atomic E-state index is 12.2. The van der Waals surface area contributed by atoms with Crippen LogP contribution in [0.3, 0.4) is 0 Å². The number of ether oxygens (including phenoxy) is 1. The Morgan fingerprint density at radius 2 is 2.10 bits per heavy atom. The number of nitrogens with zero attached hydrogens (tertiary/aromatic N) is 2. The van der Waals surface area contributed by atoms with Crippen molar-refractivity contribution in [3.05, 3.63) is 47.0 Å². The van der Waals surface area contributed by atoms with E-state index in [9.17, 15) is 4.79 Å². The number of aryl methyl sites for hydroxylation is 1. The van der Waals surface area contributed by atoms with Crippen LogP contribution in [0.1, 0.15) is 13.3 Å². The van der Waals surface area contributed by atoms with Gasteiger partial charge in [0.05, 0.1) is 0 Å². The second-order valence-corrected chi connectivity index (χ2v) is 4.56. The maximum absolute atomic E-state index is 12.2. The molecule has 0 aliphatic carbocycles. The van der Waals surface area contributed by atoms with Crippen LogP contribution in [-0.4, -0.2) is 22.7 Å². The fourth-order valence-corrected chi connectivity index (χ4v) is 1.90. The Labute approximate surface area is 123 Å². The van der Waals surface area contributed by atoms with Crippen molar-refractivity contribution in [2.75, 3.05) is 18.5 Å². The zero-order valence-electron chi connectivity index (χ0n) is 12.1. The smallest absolute Gasteiger partial charge is 0.293 e. The van der Waals surface area contributed by atoms with Crippen LogP contribution < -0.4 is 21.3 Å². The molecule has 0 aliphatic heterocycles. The number of nitrogens with two attached hydrogens (primary N) is 1. The van der Waals surface area contributed by atoms with Crippen LogP contribution in [0.4, 0.5) is 11.5 Å². The van der Waals surface area contributed by atoms with Crippen LogP contribution in [0.15, 0.2) is 41.5 Å². The summed E-state index contributed by atoms with van der Waals surface area (Å²) in [7, 11) is 0. The molecule has 0 fully saturated rings. The van der Waals surface area contributed by atoms with E-state index in [4.69, 9.17) is 10.5 Å². The van der Waals surface area contributed by atoms with E-state index >= 15 is 0 Å². The number of rotatable bonds is 7. The Balaban J connectivity index is 2.11. The molecule has 21 heavy (non-hydrogen) atoms. The van der Waals surface area contributed by atoms with Crippen molar-refractivity contribution in [2.24, 2.45) is 5.73 Å². The molecule has 0 atom stereocenters. The Bertz CT molecular complexity index is 622. The Morgan fingerprint density at radius 1 is 1.33 bits per heavy atom. The van der Waals surface area contributed by atoms with E-state index in [2.05, 4.69) is 10.3 Å². The molecule has 1 heterocycles. The lowest BCUT2D eigenvalue weighted by Crippen LogP contribution is -2.23. The Morgan fingerprint density at radius 3 is 2.76 bits per heavy atom. The Hall–Kier alpha value is -2.34. The van der Waals surface area contributed by atoms with Crippen molar-refractivity contribution in [2.45, 2.75) is 19.9 Å². The highest BCUT2D eigenvalue weighted by Crippen LogP contribution is 2.17. The van der Waals surface area contributed by atoms with Crippen molar-refractivity contribution in [3.8, 4) is 5.75 Å². The lowest BCUT2D eigenvalue weighted by Gasteiger charge is -2.09. The zero-order valence-corrected chi connectivity index (χ0v) is 12.1. The molecule has 6 heteroatoms. The molecule has 0 saturated heterocycles. The van der Waals surface area contributed by atoms with Gasteiger partial charge in [-0.3, -0.25) is 4.79 Å². The average Bonchev–Trinajstić information content (AvgIpc) is 2.51. The first-order valence-corrected chi connectivity index (χ1v) is 7.00. The highest BCUT2D eigenvalue weighted by Gasteiger charge is 2.04. The third-order valence-corrected chi connectivity index (χ3v) is 2.88. The summed E-state index contributed by atoms with van der Waals surface area (Å²) in [4.78, 5) is 16.3. The van der Waals surface area contributed by atoms with E-state index in [1.165, 1.54) is 0 Å². The van der Waals surface area contributed by atoms with Crippen molar-refractivity contribution in [3.63, 3.8) is 0 Å². The molecule has 1 aromatic carbocycles. The van der Waals surface area contributed by atoms with Gasteiger partial charge in [0.2, 0.25) is 0 Å². The van der Waals surface area contributed by atoms with Gasteiger partial charge in [0.15, 0.2) is 5.82 Å². The first-order valence-electron chi connectivity index (χ1n) is 7.00. The van der Waals surface area contributed by atoms with E-state index in [1.54, 1.807) is 17.0 Å². The fraction of sp³-hybridized carbons (Fsp3) is 0.333. The molecule has 3 N–H and O–H groups in total. The van der Waals surface area contributed by atoms with Crippen LogP contribution in [-0.2, 0) is 6.54 Å². The normalized spacial score (nSPS) is 10.4. The largest absolute Gasteiger partial charge is 0.492 e. The summed E-state index contributed by atoms with van der Waals surface area (Å²) < 4.78 is 7.05. The molecule has 112 valence electrons. The predicted octanol–water partition coefficient (Wildman–Crippen LogP) is 1.73. The molecule has 0 amide bonds. The molecule has 2 rings (SSSR count). The standard InChI is InChI=1S/C15H20N4O2/c1-2-9-19-10-8-17-14(15(19)20)18-12-3-5-13(6-4-12)21-11-7-16/h3-6,8,10H,2,7,9,11,16H2,1H3,(H,17,18). The number of benzene rings is 1. The molecule has 1 aromatic heterocycles. The first-order chi connectivity index (χ1) is 10.2. The van der Waals surface area contributed by atoms with Gasteiger partial charge >= 0.3 is 0 Å². The minimum absolute atomic E-state index is 0.122. The van der Waals surface area contributed by atoms with Crippen molar-refractivity contribution in [1.82, 2.24) is 9.55 Å². The van der Waals surface area contributed by atoms with E-state index < -0.39 is 0 Å². The number of aromatic nitrogens is 2. The number of anilines is 2. The summed E-state index contributed by atoms with van der Waals surface area (Å²) >= 11 is 0. The van der Waals surface area contributed by atoms with E-state index in [1.807, 2.05) is 31.2 Å². The van der Waals surface area contributed by atoms with Gasteiger partial charge in [-0.25, -0.2) is 4.98 Å². The summed E-state index contributed by atoms with van der Waals surface area (Å²) in [5, 5.41) is 3.03. The summed E-state index contributed by atoms with van der Waals surface area (Å²) in [6.45, 7) is 3.67. The van der Waals surface area contributed by atoms with Crippen LogP contribution in [0.5, 0.6) is 5.75 Å². The number of nitrogens with one attached hydrogen (secondary N) is 1. The summed E-state index contributed by atoms with van der Waals surface area (Å²) in [6.07, 6.45) is 4.22. The van der Waals surface area contributed by atoms with Crippen molar-refractivity contribution in [1.29, 1.82) is 0 Å². The quantitative estimate of drug-likeness (QED) is 0.811. The van der Waals surface area contributed by atoms with E-state index in [0.717, 1.165) is 17.9 Å². The van der Waals surface area contributed by atoms with Crippen LogP contribution in [0.25, 0.3) is 0 Å². The van der Waals surface area contributed by atoms with Gasteiger partial charge in [0, 0.05) is 31.2 Å². The second-order valence-electron chi connectivity index (χ2n) is 4.56. The van der Waals surface area contributed by atoms with E-state index in [0.29, 0.717) is 25.5 Å². The van der Waals surface area contributed by atoms with Gasteiger partial charge in [-0.05, 0) is 30.7 Å². The SMILES string of the molecule is CCCn1ccnc(Nc2ccc(OCCN)cc2)c1=O. The molecule has 0 bridgehead atoms. The molecule has 0 unspecified atom stereocenters. The van der Waals surface area contributed by atoms with Crippen LogP contribution in [0, 0.1) is 0 Å². The Kier molecular flexibility index (Phi) is 5.34. The van der Waals surface area contributed by atoms with Gasteiger partial charge in [-0.1, -0.05) is 6.92 Å². The highest BCUT2D eigenvalue weighted by molar-refractivity contribution is 5.56. The highest BCUT2D eigenvalue weighted by atomic mass is 16.5. The van der Waals surface area contributed by atoms with E-state index in [-0.39, 0.29) is 5.56 Å². The molecule has 0 aliphatic rings. The lowest BCUT2D eigenvalue weighted by atomic mass is 10.3. The monoisotopic (exact) mass is 288 g/mol. The summed E-state index contributed by atoms with van der Waals surface area (Å²) in [5.74, 6) is 1.07. The third kappa shape index (κ3) is 4.06. The molecule has 0 radical (unpaired) electrons.